The molecule has 8 heteroatoms. The summed E-state index contributed by atoms with van der Waals surface area (Å²) in [5.41, 5.74) is 0. The van der Waals surface area contributed by atoms with Crippen LogP contribution in [0.4, 0.5) is 5.95 Å². The molecule has 0 aliphatic heterocycles. The van der Waals surface area contributed by atoms with Crippen molar-refractivity contribution in [3.8, 4) is 12.0 Å². The molecule has 0 radical (unpaired) electrons. The van der Waals surface area contributed by atoms with E-state index in [0.717, 1.165) is 0 Å². The maximum atomic E-state index is 5.81. The van der Waals surface area contributed by atoms with Crippen molar-refractivity contribution >= 4 is 17.5 Å². The van der Waals surface area contributed by atoms with Crippen molar-refractivity contribution in [3.63, 3.8) is 0 Å². The van der Waals surface area contributed by atoms with E-state index in [1.54, 1.807) is 6.20 Å². The van der Waals surface area contributed by atoms with Gasteiger partial charge in [-0.3, -0.25) is 0 Å². The van der Waals surface area contributed by atoms with Gasteiger partial charge in [0.1, 0.15) is 0 Å². The molecule has 1 N–H and O–H groups in total. The predicted octanol–water partition coefficient (Wildman–Crippen LogP) is 1.54. The summed E-state index contributed by atoms with van der Waals surface area (Å²) in [6.45, 7) is 5.00. The monoisotopic (exact) mass is 268 g/mol. The summed E-state index contributed by atoms with van der Waals surface area (Å²) >= 11 is 5.81. The summed E-state index contributed by atoms with van der Waals surface area (Å²) in [6, 6.07) is 0.255. The molecule has 2 aromatic rings. The molecule has 0 bridgehead atoms. The number of nitrogens with one attached hydrogen (secondary N) is 1. The Kier molecular flexibility index (Phi) is 3.93. The first-order valence-corrected chi connectivity index (χ1v) is 5.94. The number of nitrogens with zero attached hydrogens (tertiary/aromatic N) is 5. The van der Waals surface area contributed by atoms with Gasteiger partial charge < -0.3 is 10.1 Å². The number of ether oxygens (including phenoxy) is 1. The third-order valence-electron chi connectivity index (χ3n) is 1.97. The molecule has 0 aromatic carbocycles. The van der Waals surface area contributed by atoms with Crippen LogP contribution in [0.1, 0.15) is 13.8 Å². The van der Waals surface area contributed by atoms with Gasteiger partial charge in [-0.1, -0.05) is 11.6 Å². The van der Waals surface area contributed by atoms with E-state index < -0.39 is 0 Å². The van der Waals surface area contributed by atoms with Crippen LogP contribution in [0.5, 0.6) is 6.01 Å². The average molecular weight is 269 g/mol. The molecular weight excluding hydrogens is 256 g/mol. The zero-order chi connectivity index (χ0) is 13.0. The molecule has 0 spiro atoms. The Hall–Kier alpha value is -1.89. The molecule has 18 heavy (non-hydrogen) atoms. The van der Waals surface area contributed by atoms with Crippen LogP contribution in [0.3, 0.4) is 0 Å². The van der Waals surface area contributed by atoms with Gasteiger partial charge in [0.2, 0.25) is 5.95 Å². The van der Waals surface area contributed by atoms with Gasteiger partial charge in [-0.15, -0.1) is 0 Å². The van der Waals surface area contributed by atoms with Crippen LogP contribution in [0.2, 0.25) is 5.02 Å². The van der Waals surface area contributed by atoms with E-state index in [1.807, 2.05) is 13.8 Å². The van der Waals surface area contributed by atoms with Gasteiger partial charge in [-0.25, -0.2) is 4.68 Å². The zero-order valence-corrected chi connectivity index (χ0v) is 10.8. The van der Waals surface area contributed by atoms with E-state index in [4.69, 9.17) is 16.3 Å². The molecule has 0 unspecified atom stereocenters. The largest absolute Gasteiger partial charge is 0.464 e. The van der Waals surface area contributed by atoms with Crippen LogP contribution < -0.4 is 10.1 Å². The van der Waals surface area contributed by atoms with Crippen LogP contribution in [0.15, 0.2) is 12.4 Å². The third kappa shape index (κ3) is 2.86. The maximum absolute atomic E-state index is 5.81. The summed E-state index contributed by atoms with van der Waals surface area (Å²) in [4.78, 5) is 12.5. The molecule has 0 aliphatic rings. The highest BCUT2D eigenvalue weighted by Gasteiger charge is 2.09. The lowest BCUT2D eigenvalue weighted by atomic mass is 10.7. The minimum absolute atomic E-state index is 0.255. The molecule has 0 atom stereocenters. The third-order valence-corrected chi connectivity index (χ3v) is 2.16. The normalized spacial score (nSPS) is 10.4. The summed E-state index contributed by atoms with van der Waals surface area (Å²) in [6.07, 6.45) is 3.13. The summed E-state index contributed by atoms with van der Waals surface area (Å²) < 4.78 is 6.75. The number of halogens is 1. The highest BCUT2D eigenvalue weighted by Crippen LogP contribution is 2.13. The van der Waals surface area contributed by atoms with Gasteiger partial charge in [0.15, 0.2) is 0 Å². The standard InChI is InChI=1S/C10H13ClN6O/c1-3-12-8-14-9(16-10(15-8)18-4-2)17-6-7(11)5-13-17/h5-6H,3-4H2,1-2H3,(H,12,14,15,16). The topological polar surface area (TPSA) is 77.8 Å². The van der Waals surface area contributed by atoms with Crippen LogP contribution >= 0.6 is 11.6 Å². The Bertz CT molecular complexity index is 505. The van der Waals surface area contributed by atoms with E-state index in [-0.39, 0.29) is 6.01 Å². The van der Waals surface area contributed by atoms with E-state index in [2.05, 4.69) is 25.4 Å². The van der Waals surface area contributed by atoms with E-state index in [0.29, 0.717) is 30.1 Å². The molecule has 0 fully saturated rings. The molecule has 0 aliphatic carbocycles. The fourth-order valence-corrected chi connectivity index (χ4v) is 1.43. The van der Waals surface area contributed by atoms with Crippen LogP contribution in [-0.2, 0) is 0 Å². The Morgan fingerprint density at radius 1 is 1.33 bits per heavy atom. The summed E-state index contributed by atoms with van der Waals surface area (Å²) in [5, 5.41) is 7.56. The molecule has 96 valence electrons. The summed E-state index contributed by atoms with van der Waals surface area (Å²) in [7, 11) is 0. The highest BCUT2D eigenvalue weighted by molar-refractivity contribution is 6.30. The first-order valence-electron chi connectivity index (χ1n) is 5.56. The van der Waals surface area contributed by atoms with Crippen molar-refractivity contribution in [3.05, 3.63) is 17.4 Å². The zero-order valence-electron chi connectivity index (χ0n) is 10.1. The lowest BCUT2D eigenvalue weighted by Crippen LogP contribution is -2.11. The summed E-state index contributed by atoms with van der Waals surface area (Å²) in [5.74, 6) is 0.800. The van der Waals surface area contributed by atoms with E-state index in [1.165, 1.54) is 10.9 Å². The van der Waals surface area contributed by atoms with Crippen LogP contribution in [-0.4, -0.2) is 37.9 Å². The molecule has 0 saturated heterocycles. The Labute approximate surface area is 109 Å². The van der Waals surface area contributed by atoms with Crippen molar-refractivity contribution in [2.75, 3.05) is 18.5 Å². The molecule has 2 rings (SSSR count). The van der Waals surface area contributed by atoms with Gasteiger partial charge in [0.05, 0.1) is 24.0 Å². The molecule has 2 aromatic heterocycles. The van der Waals surface area contributed by atoms with Crippen LogP contribution in [0, 0.1) is 0 Å². The van der Waals surface area contributed by atoms with Gasteiger partial charge in [-0.05, 0) is 13.8 Å². The van der Waals surface area contributed by atoms with Crippen molar-refractivity contribution < 1.29 is 4.74 Å². The fraction of sp³-hybridized carbons (Fsp3) is 0.400. The molecular formula is C10H13ClN6O. The van der Waals surface area contributed by atoms with Gasteiger partial charge in [0, 0.05) is 6.54 Å². The second-order valence-corrected chi connectivity index (χ2v) is 3.74. The Morgan fingerprint density at radius 3 is 2.78 bits per heavy atom. The lowest BCUT2D eigenvalue weighted by Gasteiger charge is -2.07. The van der Waals surface area contributed by atoms with Crippen LogP contribution in [0.25, 0.3) is 5.95 Å². The molecule has 2 heterocycles. The van der Waals surface area contributed by atoms with Crippen molar-refractivity contribution in [1.82, 2.24) is 24.7 Å². The molecule has 0 saturated carbocycles. The molecule has 0 amide bonds. The minimum Gasteiger partial charge on any atom is -0.464 e. The second-order valence-electron chi connectivity index (χ2n) is 3.31. The van der Waals surface area contributed by atoms with Gasteiger partial charge >= 0.3 is 6.01 Å². The quantitative estimate of drug-likeness (QED) is 0.886. The number of hydrogen-bond acceptors (Lipinski definition) is 6. The smallest absolute Gasteiger partial charge is 0.323 e. The minimum atomic E-state index is 0.255. The van der Waals surface area contributed by atoms with Crippen molar-refractivity contribution in [2.24, 2.45) is 0 Å². The lowest BCUT2D eigenvalue weighted by molar-refractivity contribution is 0.311. The highest BCUT2D eigenvalue weighted by atomic mass is 35.5. The fourth-order valence-electron chi connectivity index (χ4n) is 1.29. The Morgan fingerprint density at radius 2 is 2.17 bits per heavy atom. The number of anilines is 1. The maximum Gasteiger partial charge on any atom is 0.323 e. The number of hydrogen-bond donors (Lipinski definition) is 1. The first-order chi connectivity index (χ1) is 8.72. The first kappa shape index (κ1) is 12.6. The van der Waals surface area contributed by atoms with Gasteiger partial charge in [-0.2, -0.15) is 20.1 Å². The Balaban J connectivity index is 2.39. The average Bonchev–Trinajstić information content (AvgIpc) is 2.76. The predicted molar refractivity (Wildman–Crippen MR) is 67.3 cm³/mol. The molecule has 7 nitrogen and oxygen atoms in total. The van der Waals surface area contributed by atoms with Crippen molar-refractivity contribution in [1.29, 1.82) is 0 Å². The van der Waals surface area contributed by atoms with E-state index in [9.17, 15) is 0 Å². The number of rotatable bonds is 5. The van der Waals surface area contributed by atoms with Gasteiger partial charge in [0.25, 0.3) is 5.95 Å². The van der Waals surface area contributed by atoms with E-state index >= 15 is 0 Å². The second kappa shape index (κ2) is 5.63. The van der Waals surface area contributed by atoms with Crippen molar-refractivity contribution in [2.45, 2.75) is 13.8 Å². The number of aromatic nitrogens is 5. The SMILES string of the molecule is CCNc1nc(OCC)nc(-n2cc(Cl)cn2)n1.